The van der Waals surface area contributed by atoms with E-state index in [9.17, 15) is 4.79 Å². The van der Waals surface area contributed by atoms with E-state index in [0.717, 1.165) is 22.6 Å². The molecule has 2 N–H and O–H groups in total. The van der Waals surface area contributed by atoms with E-state index in [2.05, 4.69) is 53.1 Å². The average molecular weight is 433 g/mol. The van der Waals surface area contributed by atoms with E-state index in [1.165, 1.54) is 15.0 Å². The standard InChI is InChI=1S/C25H24N2O3S/c1-26-25(28)27-13-14-29-21-10-7-19(8-11-21)23-15-20-9-12-22(16-24(20)31-23)30-17-18-5-3-2-4-6-18/h2-12,15-16H,13-14,17H2,1H3,(H2,26,27,28). The minimum Gasteiger partial charge on any atom is -0.492 e. The minimum atomic E-state index is -0.211. The zero-order valence-corrected chi connectivity index (χ0v) is 18.1. The van der Waals surface area contributed by atoms with Crippen molar-refractivity contribution in [2.24, 2.45) is 0 Å². The van der Waals surface area contributed by atoms with Gasteiger partial charge in [0, 0.05) is 16.6 Å². The quantitative estimate of drug-likeness (QED) is 0.364. The SMILES string of the molecule is CNC(=O)NCCOc1ccc(-c2cc3ccc(OCc4ccccc4)cc3s2)cc1. The van der Waals surface area contributed by atoms with Gasteiger partial charge in [-0.05, 0) is 65.0 Å². The Hall–Kier alpha value is -3.51. The van der Waals surface area contributed by atoms with Crippen molar-refractivity contribution in [1.82, 2.24) is 10.6 Å². The molecule has 0 saturated heterocycles. The molecule has 0 bridgehead atoms. The van der Waals surface area contributed by atoms with Crippen molar-refractivity contribution in [3.8, 4) is 21.9 Å². The molecule has 1 aromatic heterocycles. The first-order valence-corrected chi connectivity index (χ1v) is 10.9. The molecule has 3 aromatic carbocycles. The average Bonchev–Trinajstić information content (AvgIpc) is 3.25. The maximum Gasteiger partial charge on any atom is 0.314 e. The predicted octanol–water partition coefficient (Wildman–Crippen LogP) is 5.46. The van der Waals surface area contributed by atoms with Gasteiger partial charge in [0.25, 0.3) is 0 Å². The Morgan fingerprint density at radius 1 is 0.903 bits per heavy atom. The largest absolute Gasteiger partial charge is 0.492 e. The number of thiophene rings is 1. The van der Waals surface area contributed by atoms with E-state index in [0.29, 0.717) is 19.8 Å². The summed E-state index contributed by atoms with van der Waals surface area (Å²) in [5.41, 5.74) is 2.30. The molecule has 2 amide bonds. The molecule has 0 spiro atoms. The van der Waals surface area contributed by atoms with E-state index >= 15 is 0 Å². The topological polar surface area (TPSA) is 59.6 Å². The Balaban J connectivity index is 1.38. The Labute approximate surface area is 185 Å². The first kappa shape index (κ1) is 20.8. The van der Waals surface area contributed by atoms with E-state index < -0.39 is 0 Å². The van der Waals surface area contributed by atoms with Crippen molar-refractivity contribution in [2.75, 3.05) is 20.2 Å². The molecule has 4 aromatic rings. The zero-order valence-electron chi connectivity index (χ0n) is 17.3. The smallest absolute Gasteiger partial charge is 0.314 e. The van der Waals surface area contributed by atoms with Crippen LogP contribution in [0.5, 0.6) is 11.5 Å². The number of benzene rings is 3. The third-order valence-corrected chi connectivity index (χ3v) is 5.91. The molecule has 0 aliphatic carbocycles. The summed E-state index contributed by atoms with van der Waals surface area (Å²) < 4.78 is 12.8. The molecule has 6 heteroatoms. The van der Waals surface area contributed by atoms with Crippen molar-refractivity contribution in [2.45, 2.75) is 6.61 Å². The number of hydrogen-bond donors (Lipinski definition) is 2. The maximum absolute atomic E-state index is 11.1. The molecule has 0 radical (unpaired) electrons. The van der Waals surface area contributed by atoms with Gasteiger partial charge in [-0.3, -0.25) is 0 Å². The normalized spacial score (nSPS) is 10.6. The van der Waals surface area contributed by atoms with Gasteiger partial charge in [-0.2, -0.15) is 0 Å². The highest BCUT2D eigenvalue weighted by molar-refractivity contribution is 7.22. The van der Waals surface area contributed by atoms with E-state index in [4.69, 9.17) is 9.47 Å². The second-order valence-corrected chi connectivity index (χ2v) is 8.05. The van der Waals surface area contributed by atoms with Crippen molar-refractivity contribution < 1.29 is 14.3 Å². The molecular weight excluding hydrogens is 408 g/mol. The van der Waals surface area contributed by atoms with Gasteiger partial charge in [-0.25, -0.2) is 4.79 Å². The summed E-state index contributed by atoms with van der Waals surface area (Å²) in [5, 5.41) is 6.40. The number of carbonyl (C=O) groups is 1. The summed E-state index contributed by atoms with van der Waals surface area (Å²) in [6.07, 6.45) is 0. The predicted molar refractivity (Wildman–Crippen MR) is 126 cm³/mol. The van der Waals surface area contributed by atoms with Crippen LogP contribution in [0.25, 0.3) is 20.5 Å². The number of ether oxygens (including phenoxy) is 2. The van der Waals surface area contributed by atoms with Crippen molar-refractivity contribution in [3.63, 3.8) is 0 Å². The fraction of sp³-hybridized carbons (Fsp3) is 0.160. The number of amides is 2. The molecule has 0 unspecified atom stereocenters. The van der Waals surface area contributed by atoms with Gasteiger partial charge in [0.05, 0.1) is 6.54 Å². The van der Waals surface area contributed by atoms with Gasteiger partial charge in [0.2, 0.25) is 0 Å². The zero-order chi connectivity index (χ0) is 21.5. The number of fused-ring (bicyclic) bond motifs is 1. The van der Waals surface area contributed by atoms with Crippen LogP contribution in [0.4, 0.5) is 4.79 Å². The molecule has 0 atom stereocenters. The van der Waals surface area contributed by atoms with Crippen LogP contribution in [0.3, 0.4) is 0 Å². The van der Waals surface area contributed by atoms with Gasteiger partial charge in [0.1, 0.15) is 24.7 Å². The molecule has 158 valence electrons. The van der Waals surface area contributed by atoms with Crippen LogP contribution in [-0.2, 0) is 6.61 Å². The van der Waals surface area contributed by atoms with Crippen LogP contribution in [0.1, 0.15) is 5.56 Å². The highest BCUT2D eigenvalue weighted by Crippen LogP contribution is 2.36. The maximum atomic E-state index is 11.1. The summed E-state index contributed by atoms with van der Waals surface area (Å²) in [6.45, 7) is 1.43. The number of carbonyl (C=O) groups excluding carboxylic acids is 1. The lowest BCUT2D eigenvalue weighted by Gasteiger charge is -2.07. The van der Waals surface area contributed by atoms with Crippen LogP contribution in [0.15, 0.2) is 78.9 Å². The molecule has 0 fully saturated rings. The Bertz CT molecular complexity index is 1140. The van der Waals surface area contributed by atoms with E-state index in [1.807, 2.05) is 36.4 Å². The van der Waals surface area contributed by atoms with Crippen LogP contribution >= 0.6 is 11.3 Å². The Kier molecular flexibility index (Phi) is 6.69. The second kappa shape index (κ2) is 10.00. The third-order valence-electron chi connectivity index (χ3n) is 4.76. The molecule has 0 saturated carbocycles. The van der Waals surface area contributed by atoms with Gasteiger partial charge < -0.3 is 20.1 Å². The van der Waals surface area contributed by atoms with Gasteiger partial charge in [-0.1, -0.05) is 30.3 Å². The van der Waals surface area contributed by atoms with Crippen LogP contribution in [0, 0.1) is 0 Å². The molecule has 0 aliphatic rings. The highest BCUT2D eigenvalue weighted by atomic mass is 32.1. The van der Waals surface area contributed by atoms with E-state index in [-0.39, 0.29) is 6.03 Å². The number of hydrogen-bond acceptors (Lipinski definition) is 4. The third kappa shape index (κ3) is 5.55. The Morgan fingerprint density at radius 2 is 1.68 bits per heavy atom. The van der Waals surface area contributed by atoms with Gasteiger partial charge >= 0.3 is 6.03 Å². The van der Waals surface area contributed by atoms with Crippen molar-refractivity contribution in [3.05, 3.63) is 84.4 Å². The van der Waals surface area contributed by atoms with E-state index in [1.54, 1.807) is 18.4 Å². The lowest BCUT2D eigenvalue weighted by atomic mass is 10.1. The minimum absolute atomic E-state index is 0.211. The van der Waals surface area contributed by atoms with Crippen LogP contribution < -0.4 is 20.1 Å². The molecule has 31 heavy (non-hydrogen) atoms. The number of rotatable bonds is 8. The summed E-state index contributed by atoms with van der Waals surface area (Å²) in [5.74, 6) is 1.65. The lowest BCUT2D eigenvalue weighted by Crippen LogP contribution is -2.35. The summed E-state index contributed by atoms with van der Waals surface area (Å²) >= 11 is 1.74. The van der Waals surface area contributed by atoms with Crippen molar-refractivity contribution in [1.29, 1.82) is 0 Å². The molecule has 4 rings (SSSR count). The van der Waals surface area contributed by atoms with Gasteiger partial charge in [0.15, 0.2) is 0 Å². The highest BCUT2D eigenvalue weighted by Gasteiger charge is 2.07. The molecule has 0 aliphatic heterocycles. The summed E-state index contributed by atoms with van der Waals surface area (Å²) in [4.78, 5) is 12.3. The molecular formula is C25H24N2O3S. The summed E-state index contributed by atoms with van der Waals surface area (Å²) in [6, 6.07) is 26.4. The van der Waals surface area contributed by atoms with Crippen LogP contribution in [-0.4, -0.2) is 26.2 Å². The fourth-order valence-electron chi connectivity index (χ4n) is 3.12. The first-order valence-electron chi connectivity index (χ1n) is 10.1. The fourth-order valence-corrected chi connectivity index (χ4v) is 4.22. The second-order valence-electron chi connectivity index (χ2n) is 6.96. The van der Waals surface area contributed by atoms with Gasteiger partial charge in [-0.15, -0.1) is 11.3 Å². The Morgan fingerprint density at radius 3 is 2.45 bits per heavy atom. The number of nitrogens with one attached hydrogen (secondary N) is 2. The number of urea groups is 1. The van der Waals surface area contributed by atoms with Crippen molar-refractivity contribution >= 4 is 27.5 Å². The first-order chi connectivity index (χ1) is 15.2. The van der Waals surface area contributed by atoms with Crippen LogP contribution in [0.2, 0.25) is 0 Å². The molecule has 1 heterocycles. The summed E-state index contributed by atoms with van der Waals surface area (Å²) in [7, 11) is 1.58. The lowest BCUT2D eigenvalue weighted by molar-refractivity contribution is 0.238. The monoisotopic (exact) mass is 432 g/mol. The molecule has 5 nitrogen and oxygen atoms in total.